The number of hydrogen-bond donors (Lipinski definition) is 1. The molecule has 0 saturated carbocycles. The van der Waals surface area contributed by atoms with E-state index in [1.807, 2.05) is 32.0 Å². The average Bonchev–Trinajstić information content (AvgIpc) is 3.11. The van der Waals surface area contributed by atoms with Crippen molar-refractivity contribution in [3.8, 4) is 11.3 Å². The number of hydrogen-bond acceptors (Lipinski definition) is 5. The lowest BCUT2D eigenvalue weighted by Gasteiger charge is -2.27. The highest BCUT2D eigenvalue weighted by Gasteiger charge is 2.30. The van der Waals surface area contributed by atoms with Crippen LogP contribution < -0.4 is 5.32 Å². The minimum atomic E-state index is -0.483. The van der Waals surface area contributed by atoms with E-state index in [1.165, 1.54) is 4.88 Å². The SMILES string of the molecule is CCc1sc(NC(=O)C(C)(C)SCC2CCOCC2)nc1-c1ccccc1. The number of carbonyl (C=O) groups is 1. The summed E-state index contributed by atoms with van der Waals surface area (Å²) in [6, 6.07) is 10.2. The molecule has 1 aliphatic heterocycles. The van der Waals surface area contributed by atoms with Gasteiger partial charge in [0.1, 0.15) is 0 Å². The Morgan fingerprint density at radius 1 is 1.30 bits per heavy atom. The maximum Gasteiger partial charge on any atom is 0.241 e. The largest absolute Gasteiger partial charge is 0.381 e. The van der Waals surface area contributed by atoms with Crippen molar-refractivity contribution in [3.63, 3.8) is 0 Å². The number of benzene rings is 1. The van der Waals surface area contributed by atoms with Crippen molar-refractivity contribution < 1.29 is 9.53 Å². The minimum Gasteiger partial charge on any atom is -0.381 e. The highest BCUT2D eigenvalue weighted by Crippen LogP contribution is 2.34. The molecule has 0 unspecified atom stereocenters. The van der Waals surface area contributed by atoms with Gasteiger partial charge in [-0.25, -0.2) is 4.98 Å². The molecule has 4 nitrogen and oxygen atoms in total. The second kappa shape index (κ2) is 9.22. The molecule has 1 amide bonds. The molecule has 27 heavy (non-hydrogen) atoms. The Morgan fingerprint density at radius 3 is 2.67 bits per heavy atom. The van der Waals surface area contributed by atoms with Gasteiger partial charge in [0, 0.05) is 23.7 Å². The number of nitrogens with zero attached hydrogens (tertiary/aromatic N) is 1. The number of carbonyl (C=O) groups excluding carboxylic acids is 1. The molecule has 1 saturated heterocycles. The van der Waals surface area contributed by atoms with Gasteiger partial charge < -0.3 is 10.1 Å². The van der Waals surface area contributed by atoms with Crippen LogP contribution in [0.5, 0.6) is 0 Å². The number of ether oxygens (including phenoxy) is 1. The standard InChI is InChI=1S/C21H28N2O2S2/c1-4-17-18(16-8-6-5-7-9-16)22-20(27-17)23-19(24)21(2,3)26-14-15-10-12-25-13-11-15/h5-9,15H,4,10-14H2,1-3H3,(H,22,23,24). The van der Waals surface area contributed by atoms with Gasteiger partial charge in [-0.3, -0.25) is 4.79 Å². The van der Waals surface area contributed by atoms with Gasteiger partial charge in [0.15, 0.2) is 5.13 Å². The van der Waals surface area contributed by atoms with Crippen molar-refractivity contribution in [2.24, 2.45) is 5.92 Å². The van der Waals surface area contributed by atoms with Gasteiger partial charge in [0.05, 0.1) is 10.4 Å². The lowest BCUT2D eigenvalue weighted by molar-refractivity contribution is -0.117. The van der Waals surface area contributed by atoms with Crippen molar-refractivity contribution in [1.82, 2.24) is 4.98 Å². The summed E-state index contributed by atoms with van der Waals surface area (Å²) in [6.45, 7) is 7.81. The van der Waals surface area contributed by atoms with Crippen molar-refractivity contribution >= 4 is 34.1 Å². The predicted molar refractivity (Wildman–Crippen MR) is 116 cm³/mol. The van der Waals surface area contributed by atoms with Gasteiger partial charge in [0.2, 0.25) is 5.91 Å². The van der Waals surface area contributed by atoms with Crippen LogP contribution in [0.1, 0.15) is 38.5 Å². The van der Waals surface area contributed by atoms with Crippen LogP contribution in [0.15, 0.2) is 30.3 Å². The average molecular weight is 405 g/mol. The monoisotopic (exact) mass is 404 g/mol. The fourth-order valence-electron chi connectivity index (χ4n) is 3.02. The number of nitrogens with one attached hydrogen (secondary N) is 1. The molecule has 6 heteroatoms. The third-order valence-corrected chi connectivity index (χ3v) is 7.51. The molecule has 0 radical (unpaired) electrons. The highest BCUT2D eigenvalue weighted by atomic mass is 32.2. The summed E-state index contributed by atoms with van der Waals surface area (Å²) in [6.07, 6.45) is 3.09. The van der Waals surface area contributed by atoms with Crippen LogP contribution in [-0.4, -0.2) is 34.6 Å². The Labute approximate surface area is 170 Å². The molecule has 0 atom stereocenters. The summed E-state index contributed by atoms with van der Waals surface area (Å²) < 4.78 is 4.94. The first-order chi connectivity index (χ1) is 13.0. The summed E-state index contributed by atoms with van der Waals surface area (Å²) in [5, 5.41) is 3.75. The van der Waals surface area contributed by atoms with Gasteiger partial charge in [-0.1, -0.05) is 37.3 Å². The molecule has 1 N–H and O–H groups in total. The molecule has 1 fully saturated rings. The van der Waals surface area contributed by atoms with Gasteiger partial charge >= 0.3 is 0 Å². The molecule has 2 heterocycles. The van der Waals surface area contributed by atoms with E-state index in [2.05, 4.69) is 24.4 Å². The van der Waals surface area contributed by atoms with E-state index in [0.29, 0.717) is 11.0 Å². The van der Waals surface area contributed by atoms with Crippen LogP contribution in [0.2, 0.25) is 0 Å². The number of anilines is 1. The van der Waals surface area contributed by atoms with Crippen LogP contribution in [0, 0.1) is 5.92 Å². The van der Waals surface area contributed by atoms with Crippen LogP contribution in [0.3, 0.4) is 0 Å². The van der Waals surface area contributed by atoms with Crippen molar-refractivity contribution in [2.75, 3.05) is 24.3 Å². The van der Waals surface area contributed by atoms with Gasteiger partial charge in [-0.2, -0.15) is 0 Å². The molecular formula is C21H28N2O2S2. The Morgan fingerprint density at radius 2 is 2.00 bits per heavy atom. The number of rotatable bonds is 7. The normalized spacial score (nSPS) is 15.7. The topological polar surface area (TPSA) is 51.2 Å². The third kappa shape index (κ3) is 5.33. The Hall–Kier alpha value is -1.37. The smallest absolute Gasteiger partial charge is 0.241 e. The van der Waals surface area contributed by atoms with E-state index in [0.717, 1.165) is 49.5 Å². The minimum absolute atomic E-state index is 0.0237. The zero-order chi connectivity index (χ0) is 19.3. The number of thioether (sulfide) groups is 1. The first-order valence-corrected chi connectivity index (χ1v) is 11.4. The summed E-state index contributed by atoms with van der Waals surface area (Å²) in [4.78, 5) is 18.8. The summed E-state index contributed by atoms with van der Waals surface area (Å²) in [7, 11) is 0. The highest BCUT2D eigenvalue weighted by molar-refractivity contribution is 8.01. The first-order valence-electron chi connectivity index (χ1n) is 9.58. The number of aromatic nitrogens is 1. The Bertz CT molecular complexity index is 753. The first kappa shape index (κ1) is 20.4. The quantitative estimate of drug-likeness (QED) is 0.685. The fourth-order valence-corrected chi connectivity index (χ4v) is 5.11. The summed E-state index contributed by atoms with van der Waals surface area (Å²) in [5.74, 6) is 1.67. The van der Waals surface area contributed by atoms with Gasteiger partial charge in [-0.05, 0) is 44.8 Å². The predicted octanol–water partition coefficient (Wildman–Crippen LogP) is 5.25. The molecule has 2 aromatic rings. The number of thiazole rings is 1. The number of amides is 1. The molecular weight excluding hydrogens is 376 g/mol. The maximum atomic E-state index is 12.9. The Balaban J connectivity index is 1.65. The zero-order valence-corrected chi connectivity index (χ0v) is 17.9. The van der Waals surface area contributed by atoms with Crippen molar-refractivity contribution in [1.29, 1.82) is 0 Å². The summed E-state index contributed by atoms with van der Waals surface area (Å²) >= 11 is 3.31. The van der Waals surface area contributed by atoms with E-state index < -0.39 is 4.75 Å². The van der Waals surface area contributed by atoms with Gasteiger partial charge in [0.25, 0.3) is 0 Å². The lowest BCUT2D eigenvalue weighted by atomic mass is 10.0. The van der Waals surface area contributed by atoms with E-state index in [-0.39, 0.29) is 5.91 Å². The van der Waals surface area contributed by atoms with Crippen LogP contribution in [0.25, 0.3) is 11.3 Å². The van der Waals surface area contributed by atoms with E-state index in [4.69, 9.17) is 9.72 Å². The maximum absolute atomic E-state index is 12.9. The molecule has 0 bridgehead atoms. The second-order valence-electron chi connectivity index (χ2n) is 7.34. The third-order valence-electron chi connectivity index (χ3n) is 4.85. The molecule has 0 aliphatic carbocycles. The Kier molecular flexibility index (Phi) is 6.95. The van der Waals surface area contributed by atoms with Crippen LogP contribution >= 0.6 is 23.1 Å². The molecule has 3 rings (SSSR count). The van der Waals surface area contributed by atoms with E-state index in [9.17, 15) is 4.79 Å². The zero-order valence-electron chi connectivity index (χ0n) is 16.3. The van der Waals surface area contributed by atoms with Crippen LogP contribution in [0.4, 0.5) is 5.13 Å². The molecule has 0 spiro atoms. The number of aryl methyl sites for hydroxylation is 1. The lowest BCUT2D eigenvalue weighted by Crippen LogP contribution is -2.35. The summed E-state index contributed by atoms with van der Waals surface area (Å²) in [5.41, 5.74) is 2.07. The van der Waals surface area contributed by atoms with Crippen molar-refractivity contribution in [3.05, 3.63) is 35.2 Å². The van der Waals surface area contributed by atoms with Crippen LogP contribution in [-0.2, 0) is 16.0 Å². The fraction of sp³-hybridized carbons (Fsp3) is 0.524. The molecule has 1 aromatic carbocycles. The molecule has 1 aromatic heterocycles. The van der Waals surface area contributed by atoms with Crippen molar-refractivity contribution in [2.45, 2.75) is 44.8 Å². The second-order valence-corrected chi connectivity index (χ2v) is 10.1. The van der Waals surface area contributed by atoms with E-state index >= 15 is 0 Å². The molecule has 146 valence electrons. The molecule has 1 aliphatic rings. The van der Waals surface area contributed by atoms with Gasteiger partial charge in [-0.15, -0.1) is 23.1 Å². The van der Waals surface area contributed by atoms with E-state index in [1.54, 1.807) is 23.1 Å².